The van der Waals surface area contributed by atoms with E-state index in [9.17, 15) is 5.11 Å². The molecule has 0 aliphatic carbocycles. The summed E-state index contributed by atoms with van der Waals surface area (Å²) in [6.45, 7) is 16.9. The van der Waals surface area contributed by atoms with Gasteiger partial charge < -0.3 is 10.4 Å². The van der Waals surface area contributed by atoms with Crippen molar-refractivity contribution >= 4 is 0 Å². The van der Waals surface area contributed by atoms with E-state index in [4.69, 9.17) is 0 Å². The molecule has 0 radical (unpaired) electrons. The van der Waals surface area contributed by atoms with Crippen LogP contribution in [0, 0.1) is 11.3 Å². The summed E-state index contributed by atoms with van der Waals surface area (Å²) in [6.07, 6.45) is 4.11. The summed E-state index contributed by atoms with van der Waals surface area (Å²) in [7, 11) is 0. The lowest BCUT2D eigenvalue weighted by molar-refractivity contribution is 0.0626. The van der Waals surface area contributed by atoms with Gasteiger partial charge in [0, 0.05) is 31.7 Å². The maximum absolute atomic E-state index is 10.00. The zero-order chi connectivity index (χ0) is 16.0. The van der Waals surface area contributed by atoms with E-state index in [0.717, 1.165) is 32.5 Å². The fourth-order valence-electron chi connectivity index (χ4n) is 3.18. The minimum atomic E-state index is -0.129. The fraction of sp³-hybridized carbons (Fsp3) is 1.00. The lowest BCUT2D eigenvalue weighted by atomic mass is 9.87. The highest BCUT2D eigenvalue weighted by molar-refractivity contribution is 4.87. The Labute approximate surface area is 132 Å². The van der Waals surface area contributed by atoms with Crippen molar-refractivity contribution in [2.24, 2.45) is 11.3 Å². The molecule has 1 heterocycles. The van der Waals surface area contributed by atoms with Gasteiger partial charge in [-0.1, -0.05) is 34.6 Å². The molecule has 3 nitrogen and oxygen atoms in total. The third-order valence-electron chi connectivity index (χ3n) is 4.78. The second-order valence-corrected chi connectivity index (χ2v) is 8.25. The van der Waals surface area contributed by atoms with Gasteiger partial charge in [-0.05, 0) is 43.9 Å². The van der Waals surface area contributed by atoms with E-state index in [1.54, 1.807) is 0 Å². The third-order valence-corrected chi connectivity index (χ3v) is 4.78. The maximum Gasteiger partial charge on any atom is 0.0540 e. The monoisotopic (exact) mass is 298 g/mol. The molecule has 1 aliphatic heterocycles. The number of likely N-dealkylation sites (tertiary alicyclic amines) is 1. The molecule has 1 fully saturated rings. The molecule has 1 saturated heterocycles. The highest BCUT2D eigenvalue weighted by atomic mass is 16.3. The molecule has 1 aliphatic rings. The smallest absolute Gasteiger partial charge is 0.0540 e. The first-order valence-electron chi connectivity index (χ1n) is 8.90. The maximum atomic E-state index is 10.00. The van der Waals surface area contributed by atoms with Gasteiger partial charge in [0.05, 0.1) is 6.10 Å². The summed E-state index contributed by atoms with van der Waals surface area (Å²) in [6, 6.07) is 1.21. The number of aliphatic hydroxyl groups excluding tert-OH is 1. The summed E-state index contributed by atoms with van der Waals surface area (Å²) in [5.74, 6) is 0.625. The summed E-state index contributed by atoms with van der Waals surface area (Å²) in [5.41, 5.74) is 0.330. The van der Waals surface area contributed by atoms with Crippen LogP contribution in [0.4, 0.5) is 0 Å². The van der Waals surface area contributed by atoms with Crippen LogP contribution < -0.4 is 5.32 Å². The zero-order valence-electron chi connectivity index (χ0n) is 15.2. The third kappa shape index (κ3) is 7.12. The molecule has 0 aromatic carbocycles. The van der Waals surface area contributed by atoms with E-state index in [-0.39, 0.29) is 6.10 Å². The Morgan fingerprint density at radius 3 is 2.38 bits per heavy atom. The van der Waals surface area contributed by atoms with Gasteiger partial charge in [-0.25, -0.2) is 0 Å². The van der Waals surface area contributed by atoms with Gasteiger partial charge in [-0.3, -0.25) is 4.90 Å². The van der Waals surface area contributed by atoms with Crippen LogP contribution in [0.1, 0.15) is 67.2 Å². The Bertz CT molecular complexity index is 287. The molecule has 4 unspecified atom stereocenters. The Hall–Kier alpha value is -0.120. The summed E-state index contributed by atoms with van der Waals surface area (Å²) >= 11 is 0. The van der Waals surface area contributed by atoms with E-state index in [2.05, 4.69) is 51.8 Å². The topological polar surface area (TPSA) is 35.5 Å². The molecular formula is C18H38N2O. The predicted octanol–water partition coefficient (Wildman–Crippen LogP) is 3.27. The molecule has 2 N–H and O–H groups in total. The van der Waals surface area contributed by atoms with Crippen LogP contribution in [-0.4, -0.2) is 47.8 Å². The minimum absolute atomic E-state index is 0.129. The quantitative estimate of drug-likeness (QED) is 0.757. The van der Waals surface area contributed by atoms with Gasteiger partial charge >= 0.3 is 0 Å². The van der Waals surface area contributed by atoms with Crippen LogP contribution >= 0.6 is 0 Å². The van der Waals surface area contributed by atoms with Crippen LogP contribution in [0.5, 0.6) is 0 Å². The van der Waals surface area contributed by atoms with Crippen LogP contribution in [0.15, 0.2) is 0 Å². The number of hydrogen-bond donors (Lipinski definition) is 2. The van der Waals surface area contributed by atoms with Crippen molar-refractivity contribution in [3.05, 3.63) is 0 Å². The molecular weight excluding hydrogens is 260 g/mol. The van der Waals surface area contributed by atoms with E-state index >= 15 is 0 Å². The Kier molecular flexibility index (Phi) is 7.66. The number of piperidine rings is 1. The number of aliphatic hydroxyl groups is 1. The van der Waals surface area contributed by atoms with Crippen molar-refractivity contribution in [3.8, 4) is 0 Å². The average Bonchev–Trinajstić information content (AvgIpc) is 2.43. The van der Waals surface area contributed by atoms with Crippen molar-refractivity contribution in [3.63, 3.8) is 0 Å². The van der Waals surface area contributed by atoms with E-state index in [1.165, 1.54) is 12.8 Å². The second kappa shape index (κ2) is 8.50. The molecule has 4 atom stereocenters. The summed E-state index contributed by atoms with van der Waals surface area (Å²) < 4.78 is 0. The van der Waals surface area contributed by atoms with Crippen LogP contribution in [0.2, 0.25) is 0 Å². The highest BCUT2D eigenvalue weighted by Crippen LogP contribution is 2.25. The molecule has 0 saturated carbocycles. The van der Waals surface area contributed by atoms with Gasteiger partial charge in [0.25, 0.3) is 0 Å². The fourth-order valence-corrected chi connectivity index (χ4v) is 3.18. The van der Waals surface area contributed by atoms with Crippen molar-refractivity contribution < 1.29 is 5.11 Å². The molecule has 126 valence electrons. The summed E-state index contributed by atoms with van der Waals surface area (Å²) in [4.78, 5) is 2.62. The Morgan fingerprint density at radius 2 is 1.86 bits per heavy atom. The lowest BCUT2D eigenvalue weighted by Gasteiger charge is -2.42. The molecule has 0 amide bonds. The van der Waals surface area contributed by atoms with Crippen molar-refractivity contribution in [2.75, 3.05) is 19.6 Å². The number of hydrogen-bond acceptors (Lipinski definition) is 3. The van der Waals surface area contributed by atoms with Crippen molar-refractivity contribution in [2.45, 2.75) is 85.4 Å². The first-order valence-corrected chi connectivity index (χ1v) is 8.90. The standard InChI is InChI=1S/C18H38N2O/c1-7-14(3)20-11-15(10-17(21)8-2)9-16(12-20)19-13-18(4,5)6/h14-17,19,21H,7-13H2,1-6H3. The van der Waals surface area contributed by atoms with Crippen LogP contribution in [0.3, 0.4) is 0 Å². The van der Waals surface area contributed by atoms with E-state index < -0.39 is 0 Å². The van der Waals surface area contributed by atoms with Crippen LogP contribution in [-0.2, 0) is 0 Å². The van der Waals surface area contributed by atoms with Crippen LogP contribution in [0.25, 0.3) is 0 Å². The van der Waals surface area contributed by atoms with Gasteiger partial charge in [-0.15, -0.1) is 0 Å². The molecule has 0 bridgehead atoms. The predicted molar refractivity (Wildman–Crippen MR) is 91.6 cm³/mol. The number of nitrogens with zero attached hydrogens (tertiary/aromatic N) is 1. The zero-order valence-corrected chi connectivity index (χ0v) is 15.2. The normalized spacial score (nSPS) is 27.6. The second-order valence-electron chi connectivity index (χ2n) is 8.25. The SMILES string of the molecule is CCC(O)CC1CC(NCC(C)(C)C)CN(C(C)CC)C1. The van der Waals surface area contributed by atoms with E-state index in [0.29, 0.717) is 23.4 Å². The molecule has 0 aromatic rings. The van der Waals surface area contributed by atoms with Crippen molar-refractivity contribution in [1.29, 1.82) is 0 Å². The largest absolute Gasteiger partial charge is 0.393 e. The van der Waals surface area contributed by atoms with Crippen molar-refractivity contribution in [1.82, 2.24) is 10.2 Å². The molecule has 1 rings (SSSR count). The minimum Gasteiger partial charge on any atom is -0.393 e. The molecule has 3 heteroatoms. The lowest BCUT2D eigenvalue weighted by Crippen LogP contribution is -2.53. The molecule has 0 aromatic heterocycles. The Balaban J connectivity index is 2.61. The Morgan fingerprint density at radius 1 is 1.19 bits per heavy atom. The molecule has 0 spiro atoms. The first-order chi connectivity index (χ1) is 9.75. The van der Waals surface area contributed by atoms with E-state index in [1.807, 2.05) is 0 Å². The number of rotatable bonds is 7. The van der Waals surface area contributed by atoms with Gasteiger partial charge in [0.2, 0.25) is 0 Å². The average molecular weight is 299 g/mol. The number of nitrogens with one attached hydrogen (secondary N) is 1. The first kappa shape index (κ1) is 18.9. The van der Waals surface area contributed by atoms with Gasteiger partial charge in [0.15, 0.2) is 0 Å². The summed E-state index contributed by atoms with van der Waals surface area (Å²) in [5, 5.41) is 13.8. The van der Waals surface area contributed by atoms with Gasteiger partial charge in [-0.2, -0.15) is 0 Å². The van der Waals surface area contributed by atoms with Gasteiger partial charge in [0.1, 0.15) is 0 Å². The highest BCUT2D eigenvalue weighted by Gasteiger charge is 2.30. The molecule has 21 heavy (non-hydrogen) atoms.